The predicted octanol–water partition coefficient (Wildman–Crippen LogP) is 1.62. The number of sulfonamides is 1. The lowest BCUT2D eigenvalue weighted by Gasteiger charge is -2.13. The molecule has 6 nitrogen and oxygen atoms in total. The van der Waals surface area contributed by atoms with Gasteiger partial charge >= 0.3 is 5.97 Å². The van der Waals surface area contributed by atoms with Crippen molar-refractivity contribution in [1.29, 1.82) is 0 Å². The third kappa shape index (κ3) is 3.52. The second kappa shape index (κ2) is 5.98. The number of carbonyl (C=O) groups is 1. The fraction of sp³-hybridized carbons (Fsp3) is 0.545. The Bertz CT molecular complexity index is 576. The molecule has 2 N–H and O–H groups in total. The van der Waals surface area contributed by atoms with Gasteiger partial charge in [-0.25, -0.2) is 17.9 Å². The maximum absolute atomic E-state index is 12.2. The lowest BCUT2D eigenvalue weighted by atomic mass is 10.2. The first kappa shape index (κ1) is 16.1. The highest BCUT2D eigenvalue weighted by Gasteiger charge is 2.31. The van der Waals surface area contributed by atoms with Crippen molar-refractivity contribution in [2.75, 3.05) is 12.0 Å². The monoisotopic (exact) mass is 307 g/mol. The van der Waals surface area contributed by atoms with Gasteiger partial charge in [-0.2, -0.15) is 11.8 Å². The van der Waals surface area contributed by atoms with E-state index in [-0.39, 0.29) is 28.0 Å². The zero-order valence-corrected chi connectivity index (χ0v) is 12.8. The van der Waals surface area contributed by atoms with Crippen molar-refractivity contribution < 1.29 is 22.7 Å². The summed E-state index contributed by atoms with van der Waals surface area (Å²) in [6.07, 6.45) is 1.86. The van der Waals surface area contributed by atoms with Crippen LogP contribution in [0.4, 0.5) is 0 Å². The molecule has 0 aliphatic rings. The van der Waals surface area contributed by atoms with Gasteiger partial charge in [0.2, 0.25) is 10.0 Å². The smallest absolute Gasteiger partial charge is 0.340 e. The van der Waals surface area contributed by atoms with Gasteiger partial charge in [-0.3, -0.25) is 0 Å². The van der Waals surface area contributed by atoms with E-state index in [2.05, 4.69) is 4.72 Å². The van der Waals surface area contributed by atoms with Gasteiger partial charge in [-0.05, 0) is 27.0 Å². The molecule has 0 bridgehead atoms. The van der Waals surface area contributed by atoms with Gasteiger partial charge < -0.3 is 9.52 Å². The number of nitrogens with one attached hydrogen (secondary N) is 1. The molecule has 108 valence electrons. The van der Waals surface area contributed by atoms with E-state index in [1.54, 1.807) is 6.92 Å². The fourth-order valence-corrected chi connectivity index (χ4v) is 4.18. The molecule has 19 heavy (non-hydrogen) atoms. The third-order valence-corrected chi connectivity index (χ3v) is 5.04. The van der Waals surface area contributed by atoms with Crippen LogP contribution in [0.25, 0.3) is 0 Å². The molecule has 0 saturated heterocycles. The van der Waals surface area contributed by atoms with Crippen LogP contribution in [-0.2, 0) is 10.0 Å². The largest absolute Gasteiger partial charge is 0.478 e. The minimum Gasteiger partial charge on any atom is -0.478 e. The van der Waals surface area contributed by atoms with E-state index in [1.807, 2.05) is 6.26 Å². The van der Waals surface area contributed by atoms with Crippen LogP contribution >= 0.6 is 11.8 Å². The molecule has 0 spiro atoms. The summed E-state index contributed by atoms with van der Waals surface area (Å²) in [5.74, 6) is -0.550. The number of aryl methyl sites for hydroxylation is 2. The Kier molecular flexibility index (Phi) is 5.05. The second-order valence-corrected chi connectivity index (χ2v) is 6.76. The molecule has 1 atom stereocenters. The number of carboxylic acids is 1. The molecule has 0 aromatic carbocycles. The van der Waals surface area contributed by atoms with Gasteiger partial charge in [0.25, 0.3) is 0 Å². The van der Waals surface area contributed by atoms with Crippen LogP contribution in [0.5, 0.6) is 0 Å². The Morgan fingerprint density at radius 1 is 1.42 bits per heavy atom. The predicted molar refractivity (Wildman–Crippen MR) is 73.3 cm³/mol. The molecular formula is C11H17NO5S2. The minimum absolute atomic E-state index is 0.0822. The molecule has 0 aliphatic carbocycles. The third-order valence-electron chi connectivity index (χ3n) is 2.46. The van der Waals surface area contributed by atoms with E-state index in [9.17, 15) is 13.2 Å². The van der Waals surface area contributed by atoms with Crippen LogP contribution in [0.2, 0.25) is 0 Å². The Balaban J connectivity index is 3.25. The zero-order valence-electron chi connectivity index (χ0n) is 11.2. The van der Waals surface area contributed by atoms with Crippen LogP contribution in [0.15, 0.2) is 9.31 Å². The lowest BCUT2D eigenvalue weighted by molar-refractivity contribution is 0.0691. The number of rotatable bonds is 6. The van der Waals surface area contributed by atoms with E-state index < -0.39 is 16.0 Å². The van der Waals surface area contributed by atoms with Gasteiger partial charge in [0.1, 0.15) is 22.0 Å². The molecule has 0 amide bonds. The fourth-order valence-electron chi connectivity index (χ4n) is 1.84. The normalized spacial score (nSPS) is 13.5. The summed E-state index contributed by atoms with van der Waals surface area (Å²) in [4.78, 5) is 10.9. The van der Waals surface area contributed by atoms with E-state index in [4.69, 9.17) is 9.52 Å². The van der Waals surface area contributed by atoms with Gasteiger partial charge in [0, 0.05) is 11.8 Å². The van der Waals surface area contributed by atoms with E-state index in [1.165, 1.54) is 25.6 Å². The Hall–Kier alpha value is -0.990. The van der Waals surface area contributed by atoms with Gasteiger partial charge in [0.15, 0.2) is 0 Å². The maximum Gasteiger partial charge on any atom is 0.340 e. The van der Waals surface area contributed by atoms with Gasteiger partial charge in [-0.15, -0.1) is 0 Å². The summed E-state index contributed by atoms with van der Waals surface area (Å²) < 4.78 is 32.0. The van der Waals surface area contributed by atoms with Crippen LogP contribution in [0, 0.1) is 13.8 Å². The van der Waals surface area contributed by atoms with E-state index in [0.717, 1.165) is 0 Å². The Morgan fingerprint density at radius 2 is 2.00 bits per heavy atom. The van der Waals surface area contributed by atoms with Crippen molar-refractivity contribution in [3.8, 4) is 0 Å². The number of furan rings is 1. The van der Waals surface area contributed by atoms with Crippen LogP contribution in [0.1, 0.15) is 28.8 Å². The van der Waals surface area contributed by atoms with Crippen LogP contribution in [-0.4, -0.2) is 37.5 Å². The molecular weight excluding hydrogens is 290 g/mol. The molecule has 1 heterocycles. The summed E-state index contributed by atoms with van der Waals surface area (Å²) in [6.45, 7) is 4.59. The Morgan fingerprint density at radius 3 is 2.47 bits per heavy atom. The first-order valence-electron chi connectivity index (χ1n) is 5.55. The van der Waals surface area contributed by atoms with Gasteiger partial charge in [0.05, 0.1) is 0 Å². The second-order valence-electron chi connectivity index (χ2n) is 4.20. The first-order chi connectivity index (χ1) is 8.70. The highest BCUT2D eigenvalue weighted by molar-refractivity contribution is 7.98. The number of aromatic carboxylic acids is 1. The molecule has 1 aromatic heterocycles. The highest BCUT2D eigenvalue weighted by atomic mass is 32.2. The molecule has 0 radical (unpaired) electrons. The quantitative estimate of drug-likeness (QED) is 0.829. The van der Waals surface area contributed by atoms with Crippen LogP contribution < -0.4 is 4.72 Å². The number of thioether (sulfide) groups is 1. The topological polar surface area (TPSA) is 96.6 Å². The maximum atomic E-state index is 12.2. The SMILES string of the molecule is CSCC(C)NS(=O)(=O)c1c(C)oc(C)c1C(=O)O. The molecule has 1 unspecified atom stereocenters. The highest BCUT2D eigenvalue weighted by Crippen LogP contribution is 2.26. The molecule has 0 fully saturated rings. The summed E-state index contributed by atoms with van der Waals surface area (Å²) in [5.41, 5.74) is -0.304. The average Bonchev–Trinajstić information content (AvgIpc) is 2.53. The van der Waals surface area contributed by atoms with Crippen molar-refractivity contribution in [3.05, 3.63) is 17.1 Å². The van der Waals surface area contributed by atoms with Crippen molar-refractivity contribution in [2.45, 2.75) is 31.7 Å². The molecule has 1 rings (SSSR count). The van der Waals surface area contributed by atoms with Crippen molar-refractivity contribution in [1.82, 2.24) is 4.72 Å². The molecule has 0 saturated carbocycles. The van der Waals surface area contributed by atoms with Crippen molar-refractivity contribution >= 4 is 27.8 Å². The standard InChI is InChI=1S/C11H17NO5S2/c1-6(5-18-4)12-19(15,16)10-8(3)17-7(2)9(10)11(13)14/h6,12H,5H2,1-4H3,(H,13,14). The first-order valence-corrected chi connectivity index (χ1v) is 8.43. The minimum atomic E-state index is -3.91. The molecule has 8 heteroatoms. The molecule has 1 aromatic rings. The van der Waals surface area contributed by atoms with Gasteiger partial charge in [-0.1, -0.05) is 0 Å². The summed E-state index contributed by atoms with van der Waals surface area (Å²) >= 11 is 1.50. The lowest BCUT2D eigenvalue weighted by Crippen LogP contribution is -2.35. The number of hydrogen-bond acceptors (Lipinski definition) is 5. The number of hydrogen-bond donors (Lipinski definition) is 2. The van der Waals surface area contributed by atoms with Crippen molar-refractivity contribution in [2.24, 2.45) is 0 Å². The van der Waals surface area contributed by atoms with Crippen molar-refractivity contribution in [3.63, 3.8) is 0 Å². The van der Waals surface area contributed by atoms with E-state index >= 15 is 0 Å². The summed E-state index contributed by atoms with van der Waals surface area (Å²) in [6, 6.07) is -0.295. The van der Waals surface area contributed by atoms with Crippen LogP contribution in [0.3, 0.4) is 0 Å². The summed E-state index contributed by atoms with van der Waals surface area (Å²) in [5, 5.41) is 9.10. The average molecular weight is 307 g/mol. The molecule has 0 aliphatic heterocycles. The Labute approximate surface area is 116 Å². The van der Waals surface area contributed by atoms with E-state index in [0.29, 0.717) is 5.75 Å². The number of carboxylic acid groups (broad SMARTS) is 1. The zero-order chi connectivity index (χ0) is 14.8. The summed E-state index contributed by atoms with van der Waals surface area (Å²) in [7, 11) is -3.91.